The third-order valence-electron chi connectivity index (χ3n) is 2.54. The van der Waals surface area contributed by atoms with E-state index in [0.717, 1.165) is 6.20 Å². The van der Waals surface area contributed by atoms with Crippen molar-refractivity contribution >= 4 is 21.8 Å². The van der Waals surface area contributed by atoms with E-state index in [-0.39, 0.29) is 17.0 Å². The third-order valence-corrected chi connectivity index (χ3v) is 3.91. The first kappa shape index (κ1) is 13.1. The van der Waals surface area contributed by atoms with Gasteiger partial charge in [0.15, 0.2) is 5.82 Å². The molecule has 1 aromatic heterocycles. The average molecular weight is 289 g/mol. The van der Waals surface area contributed by atoms with E-state index in [1.165, 1.54) is 17.2 Å². The largest absolute Gasteiger partial charge is 0.336 e. The third kappa shape index (κ3) is 2.58. The first-order chi connectivity index (χ1) is 7.40. The minimum atomic E-state index is -0.593. The molecule has 0 unspecified atom stereocenters. The van der Waals surface area contributed by atoms with Gasteiger partial charge in [-0.2, -0.15) is 0 Å². The van der Waals surface area contributed by atoms with E-state index in [0.29, 0.717) is 5.33 Å². The quantitative estimate of drug-likeness (QED) is 0.801. The molecule has 0 radical (unpaired) electrons. The lowest BCUT2D eigenvalue weighted by atomic mass is 10.1. The van der Waals surface area contributed by atoms with Crippen LogP contribution in [0.4, 0.5) is 4.39 Å². The highest BCUT2D eigenvalue weighted by Gasteiger charge is 2.28. The fraction of sp³-hybridized carbons (Fsp3) is 0.455. The van der Waals surface area contributed by atoms with Gasteiger partial charge in [0.25, 0.3) is 5.91 Å². The van der Waals surface area contributed by atoms with Crippen molar-refractivity contribution in [2.45, 2.75) is 19.4 Å². The number of alkyl halides is 1. The summed E-state index contributed by atoms with van der Waals surface area (Å²) in [5, 5.41) is 0.620. The van der Waals surface area contributed by atoms with Gasteiger partial charge >= 0.3 is 0 Å². The maximum absolute atomic E-state index is 13.4. The van der Waals surface area contributed by atoms with Crippen LogP contribution >= 0.6 is 15.9 Å². The van der Waals surface area contributed by atoms with Crippen molar-refractivity contribution < 1.29 is 9.18 Å². The van der Waals surface area contributed by atoms with Crippen LogP contribution in [0.1, 0.15) is 24.2 Å². The summed E-state index contributed by atoms with van der Waals surface area (Å²) in [7, 11) is 1.66. The van der Waals surface area contributed by atoms with Crippen LogP contribution in [-0.4, -0.2) is 33.7 Å². The fourth-order valence-corrected chi connectivity index (χ4v) is 1.47. The van der Waals surface area contributed by atoms with Gasteiger partial charge in [0.2, 0.25) is 0 Å². The Hall–Kier alpha value is -0.970. The Morgan fingerprint density at radius 2 is 2.25 bits per heavy atom. The van der Waals surface area contributed by atoms with Crippen LogP contribution in [0.25, 0.3) is 0 Å². The zero-order chi connectivity index (χ0) is 12.3. The lowest BCUT2D eigenvalue weighted by Gasteiger charge is -2.34. The van der Waals surface area contributed by atoms with Crippen molar-refractivity contribution in [3.63, 3.8) is 0 Å². The summed E-state index contributed by atoms with van der Waals surface area (Å²) in [5.41, 5.74) is -0.321. The molecule has 0 aliphatic heterocycles. The van der Waals surface area contributed by atoms with Crippen molar-refractivity contribution in [1.29, 1.82) is 0 Å². The highest BCUT2D eigenvalue weighted by Crippen LogP contribution is 2.19. The maximum Gasteiger partial charge on any atom is 0.257 e. The van der Waals surface area contributed by atoms with Crippen molar-refractivity contribution in [2.75, 3.05) is 12.4 Å². The predicted octanol–water partition coefficient (Wildman–Crippen LogP) is 2.47. The van der Waals surface area contributed by atoms with Gasteiger partial charge in [-0.3, -0.25) is 9.78 Å². The SMILES string of the molecule is CN(C(=O)c1ccncc1F)C(C)(C)CBr. The molecule has 88 valence electrons. The molecule has 1 aromatic rings. The highest BCUT2D eigenvalue weighted by molar-refractivity contribution is 9.09. The molecule has 5 heteroatoms. The first-order valence-electron chi connectivity index (χ1n) is 4.84. The molecule has 0 bridgehead atoms. The van der Waals surface area contributed by atoms with Crippen LogP contribution in [0, 0.1) is 5.82 Å². The number of hydrogen-bond acceptors (Lipinski definition) is 2. The van der Waals surface area contributed by atoms with Crippen LogP contribution in [0.3, 0.4) is 0 Å². The predicted molar refractivity (Wildman–Crippen MR) is 64.2 cm³/mol. The zero-order valence-corrected chi connectivity index (χ0v) is 11.1. The minimum Gasteiger partial charge on any atom is -0.336 e. The monoisotopic (exact) mass is 288 g/mol. The lowest BCUT2D eigenvalue weighted by Crippen LogP contribution is -2.46. The van der Waals surface area contributed by atoms with E-state index in [1.54, 1.807) is 7.05 Å². The molecule has 0 aromatic carbocycles. The van der Waals surface area contributed by atoms with Crippen molar-refractivity contribution in [1.82, 2.24) is 9.88 Å². The number of aromatic nitrogens is 1. The number of nitrogens with zero attached hydrogens (tertiary/aromatic N) is 2. The molecule has 1 heterocycles. The molecule has 3 nitrogen and oxygen atoms in total. The summed E-state index contributed by atoms with van der Waals surface area (Å²) in [4.78, 5) is 17.1. The smallest absolute Gasteiger partial charge is 0.257 e. The van der Waals surface area contributed by atoms with E-state index in [1.807, 2.05) is 13.8 Å². The Balaban J connectivity index is 3.00. The summed E-state index contributed by atoms with van der Waals surface area (Å²) >= 11 is 3.33. The Kier molecular flexibility index (Phi) is 4.02. The summed E-state index contributed by atoms with van der Waals surface area (Å²) in [6, 6.07) is 1.39. The topological polar surface area (TPSA) is 33.2 Å². The number of pyridine rings is 1. The number of carbonyl (C=O) groups excluding carboxylic acids is 1. The van der Waals surface area contributed by atoms with Crippen LogP contribution in [-0.2, 0) is 0 Å². The van der Waals surface area contributed by atoms with Gasteiger partial charge in [0.1, 0.15) is 0 Å². The molecule has 0 spiro atoms. The first-order valence-corrected chi connectivity index (χ1v) is 5.96. The molecule has 0 fully saturated rings. The van der Waals surface area contributed by atoms with E-state index >= 15 is 0 Å². The summed E-state index contributed by atoms with van der Waals surface area (Å²) in [5.74, 6) is -0.936. The van der Waals surface area contributed by atoms with Gasteiger partial charge < -0.3 is 4.90 Å². The number of hydrogen-bond donors (Lipinski definition) is 0. The Labute approximate surface area is 103 Å². The fourth-order valence-electron chi connectivity index (χ4n) is 1.09. The van der Waals surface area contributed by atoms with E-state index in [9.17, 15) is 9.18 Å². The molecule has 1 rings (SSSR count). The molecule has 0 aliphatic rings. The number of carbonyl (C=O) groups is 1. The molecular formula is C11H14BrFN2O. The van der Waals surface area contributed by atoms with Gasteiger partial charge in [0.05, 0.1) is 11.8 Å². The van der Waals surface area contributed by atoms with Crippen molar-refractivity contribution in [3.05, 3.63) is 29.8 Å². The molecule has 0 saturated carbocycles. The Morgan fingerprint density at radius 3 is 2.75 bits per heavy atom. The molecule has 0 aliphatic carbocycles. The Morgan fingerprint density at radius 1 is 1.62 bits per heavy atom. The summed E-state index contributed by atoms with van der Waals surface area (Å²) in [6.07, 6.45) is 2.45. The molecule has 1 amide bonds. The number of rotatable bonds is 3. The molecule has 0 N–H and O–H groups in total. The maximum atomic E-state index is 13.4. The Bertz CT molecular complexity index is 395. The highest BCUT2D eigenvalue weighted by atomic mass is 79.9. The number of amides is 1. The lowest BCUT2D eigenvalue weighted by molar-refractivity contribution is 0.0658. The van der Waals surface area contributed by atoms with Crippen molar-refractivity contribution in [2.24, 2.45) is 0 Å². The summed E-state index contributed by atoms with van der Waals surface area (Å²) in [6.45, 7) is 3.80. The van der Waals surface area contributed by atoms with Crippen molar-refractivity contribution in [3.8, 4) is 0 Å². The van der Waals surface area contributed by atoms with Gasteiger partial charge in [-0.1, -0.05) is 15.9 Å². The van der Waals surface area contributed by atoms with E-state index < -0.39 is 5.82 Å². The van der Waals surface area contributed by atoms with E-state index in [4.69, 9.17) is 0 Å². The normalized spacial score (nSPS) is 11.3. The molecule has 16 heavy (non-hydrogen) atoms. The molecular weight excluding hydrogens is 275 g/mol. The zero-order valence-electron chi connectivity index (χ0n) is 9.50. The van der Waals surface area contributed by atoms with Crippen LogP contribution in [0.15, 0.2) is 18.5 Å². The van der Waals surface area contributed by atoms with Gasteiger partial charge in [-0.25, -0.2) is 4.39 Å². The second kappa shape index (κ2) is 4.91. The second-order valence-corrected chi connectivity index (χ2v) is 4.73. The van der Waals surface area contributed by atoms with Gasteiger partial charge in [0, 0.05) is 24.1 Å². The molecule has 0 atom stereocenters. The summed E-state index contributed by atoms with van der Waals surface area (Å²) < 4.78 is 13.4. The second-order valence-electron chi connectivity index (χ2n) is 4.17. The van der Waals surface area contributed by atoms with E-state index in [2.05, 4.69) is 20.9 Å². The van der Waals surface area contributed by atoms with Crippen LogP contribution in [0.2, 0.25) is 0 Å². The number of halogens is 2. The van der Waals surface area contributed by atoms with Crippen LogP contribution in [0.5, 0.6) is 0 Å². The van der Waals surface area contributed by atoms with Gasteiger partial charge in [-0.05, 0) is 19.9 Å². The average Bonchev–Trinajstić information content (AvgIpc) is 2.27. The van der Waals surface area contributed by atoms with Crippen LogP contribution < -0.4 is 0 Å². The minimum absolute atomic E-state index is 0.0477. The molecule has 0 saturated heterocycles. The standard InChI is InChI=1S/C11H14BrFN2O/c1-11(2,7-12)15(3)10(16)8-4-5-14-6-9(8)13/h4-6H,7H2,1-3H3. The van der Waals surface area contributed by atoms with Gasteiger partial charge in [-0.15, -0.1) is 0 Å².